The van der Waals surface area contributed by atoms with Crippen LogP contribution in [0, 0.1) is 11.7 Å². The monoisotopic (exact) mass is 529 g/mol. The number of benzene rings is 1. The maximum Gasteiger partial charge on any atom is 0.245 e. The van der Waals surface area contributed by atoms with Gasteiger partial charge in [-0.25, -0.2) is 9.37 Å². The molecule has 2 heterocycles. The van der Waals surface area contributed by atoms with Crippen LogP contribution in [0.25, 0.3) is 0 Å². The molecule has 1 aromatic heterocycles. The molecule has 2 fully saturated rings. The van der Waals surface area contributed by atoms with Gasteiger partial charge in [0, 0.05) is 43.5 Å². The fourth-order valence-corrected chi connectivity index (χ4v) is 5.76. The number of amides is 3. The minimum Gasteiger partial charge on any atom is -0.366 e. The molecule has 0 spiro atoms. The van der Waals surface area contributed by atoms with E-state index in [-0.39, 0.29) is 48.5 Å². The van der Waals surface area contributed by atoms with Gasteiger partial charge >= 0.3 is 0 Å². The molecule has 0 unspecified atom stereocenters. The van der Waals surface area contributed by atoms with Gasteiger partial charge in [0.25, 0.3) is 0 Å². The van der Waals surface area contributed by atoms with Crippen LogP contribution in [0.3, 0.4) is 0 Å². The van der Waals surface area contributed by atoms with E-state index in [2.05, 4.69) is 10.3 Å². The van der Waals surface area contributed by atoms with E-state index >= 15 is 0 Å². The predicted molar refractivity (Wildman–Crippen MR) is 143 cm³/mol. The third kappa shape index (κ3) is 7.06. The Morgan fingerprint density at radius 1 is 1.11 bits per heavy atom. The van der Waals surface area contributed by atoms with Crippen molar-refractivity contribution in [3.8, 4) is 0 Å². The van der Waals surface area contributed by atoms with Crippen LogP contribution in [-0.2, 0) is 20.8 Å². The maximum atomic E-state index is 14.1. The SMILES string of the molecule is CC(C)N(CC(=O)Nc1nc(CC(=O)N2CCN(c3ccccc3F)CC2)cs1)C(=O)C1CCCCC1. The highest BCUT2D eigenvalue weighted by Gasteiger charge is 2.29. The van der Waals surface area contributed by atoms with Gasteiger partial charge in [-0.1, -0.05) is 31.4 Å². The molecule has 2 aromatic rings. The maximum absolute atomic E-state index is 14.1. The summed E-state index contributed by atoms with van der Waals surface area (Å²) in [6, 6.07) is 6.61. The lowest BCUT2D eigenvalue weighted by molar-refractivity contribution is -0.141. The first-order chi connectivity index (χ1) is 17.8. The van der Waals surface area contributed by atoms with Crippen LogP contribution in [-0.4, -0.2) is 71.3 Å². The second-order valence-electron chi connectivity index (χ2n) is 10.1. The van der Waals surface area contributed by atoms with Crippen molar-refractivity contribution in [1.29, 1.82) is 0 Å². The number of aromatic nitrogens is 1. The Labute approximate surface area is 221 Å². The van der Waals surface area contributed by atoms with E-state index in [1.165, 1.54) is 23.8 Å². The Morgan fingerprint density at radius 2 is 1.81 bits per heavy atom. The topological polar surface area (TPSA) is 85.8 Å². The number of hydrogen-bond acceptors (Lipinski definition) is 6. The van der Waals surface area contributed by atoms with E-state index in [9.17, 15) is 18.8 Å². The smallest absolute Gasteiger partial charge is 0.245 e. The highest BCUT2D eigenvalue weighted by molar-refractivity contribution is 7.13. The van der Waals surface area contributed by atoms with Crippen LogP contribution in [0.2, 0.25) is 0 Å². The van der Waals surface area contributed by atoms with E-state index < -0.39 is 0 Å². The Hall–Kier alpha value is -3.01. The first kappa shape index (κ1) is 27.0. The number of anilines is 2. The average Bonchev–Trinajstić information content (AvgIpc) is 3.34. The summed E-state index contributed by atoms with van der Waals surface area (Å²) in [6.45, 7) is 6.01. The largest absolute Gasteiger partial charge is 0.366 e. The fraction of sp³-hybridized carbons (Fsp3) is 0.556. The summed E-state index contributed by atoms with van der Waals surface area (Å²) in [5.41, 5.74) is 1.16. The van der Waals surface area contributed by atoms with Crippen molar-refractivity contribution in [1.82, 2.24) is 14.8 Å². The van der Waals surface area contributed by atoms with Crippen molar-refractivity contribution < 1.29 is 18.8 Å². The van der Waals surface area contributed by atoms with E-state index in [1.54, 1.807) is 27.3 Å². The van der Waals surface area contributed by atoms with Crippen molar-refractivity contribution in [2.45, 2.75) is 58.4 Å². The normalized spacial score (nSPS) is 16.6. The zero-order valence-corrected chi connectivity index (χ0v) is 22.4. The molecule has 200 valence electrons. The molecule has 8 nitrogen and oxygen atoms in total. The molecule has 0 bridgehead atoms. The number of nitrogens with one attached hydrogen (secondary N) is 1. The molecule has 1 saturated heterocycles. The summed E-state index contributed by atoms with van der Waals surface area (Å²) < 4.78 is 14.1. The summed E-state index contributed by atoms with van der Waals surface area (Å²) in [5, 5.41) is 4.99. The molecule has 1 saturated carbocycles. The lowest BCUT2D eigenvalue weighted by Crippen LogP contribution is -2.49. The molecule has 4 rings (SSSR count). The van der Waals surface area contributed by atoms with Crippen LogP contribution < -0.4 is 10.2 Å². The van der Waals surface area contributed by atoms with Crippen LogP contribution in [0.1, 0.15) is 51.6 Å². The lowest BCUT2D eigenvalue weighted by atomic mass is 9.88. The van der Waals surface area contributed by atoms with E-state index in [0.29, 0.717) is 42.7 Å². The number of piperazine rings is 1. The Kier molecular flexibility index (Phi) is 9.13. The van der Waals surface area contributed by atoms with Crippen LogP contribution in [0.15, 0.2) is 29.6 Å². The van der Waals surface area contributed by atoms with Crippen molar-refractivity contribution in [3.05, 3.63) is 41.2 Å². The van der Waals surface area contributed by atoms with E-state index in [1.807, 2.05) is 24.8 Å². The van der Waals surface area contributed by atoms with Gasteiger partial charge in [-0.2, -0.15) is 0 Å². The highest BCUT2D eigenvalue weighted by atomic mass is 32.1. The number of rotatable bonds is 8. The number of carbonyl (C=O) groups is 3. The van der Waals surface area contributed by atoms with Gasteiger partial charge in [-0.05, 0) is 38.8 Å². The quantitative estimate of drug-likeness (QED) is 0.560. The Morgan fingerprint density at radius 3 is 2.49 bits per heavy atom. The van der Waals surface area contributed by atoms with Crippen LogP contribution in [0.4, 0.5) is 15.2 Å². The summed E-state index contributed by atoms with van der Waals surface area (Å²) in [5.74, 6) is -0.510. The van der Waals surface area contributed by atoms with Gasteiger partial charge in [0.05, 0.1) is 17.8 Å². The molecule has 0 atom stereocenters. The Balaban J connectivity index is 1.26. The molecule has 37 heavy (non-hydrogen) atoms. The molecular weight excluding hydrogens is 493 g/mol. The summed E-state index contributed by atoms with van der Waals surface area (Å²) in [6.07, 6.45) is 5.24. The first-order valence-corrected chi connectivity index (χ1v) is 14.0. The number of thiazole rings is 1. The van der Waals surface area contributed by atoms with Gasteiger partial charge in [0.15, 0.2) is 5.13 Å². The fourth-order valence-electron chi connectivity index (χ4n) is 5.03. The van der Waals surface area contributed by atoms with Gasteiger partial charge in [0.1, 0.15) is 12.4 Å². The molecule has 1 aliphatic carbocycles. The molecule has 2 aliphatic rings. The average molecular weight is 530 g/mol. The third-order valence-electron chi connectivity index (χ3n) is 7.13. The minimum atomic E-state index is -0.283. The first-order valence-electron chi connectivity index (χ1n) is 13.1. The summed E-state index contributed by atoms with van der Waals surface area (Å²) >= 11 is 1.27. The molecule has 1 aliphatic heterocycles. The zero-order chi connectivity index (χ0) is 26.4. The second-order valence-corrected chi connectivity index (χ2v) is 10.9. The van der Waals surface area contributed by atoms with Crippen molar-refractivity contribution in [3.63, 3.8) is 0 Å². The van der Waals surface area contributed by atoms with Crippen molar-refractivity contribution >= 4 is 39.9 Å². The number of carbonyl (C=O) groups excluding carboxylic acids is 3. The summed E-state index contributed by atoms with van der Waals surface area (Å²) in [4.78, 5) is 48.3. The van der Waals surface area contributed by atoms with Gasteiger partial charge in [-0.3, -0.25) is 14.4 Å². The van der Waals surface area contributed by atoms with E-state index in [0.717, 1.165) is 25.7 Å². The number of para-hydroxylation sites is 1. The number of hydrogen-bond donors (Lipinski definition) is 1. The number of nitrogens with zero attached hydrogens (tertiary/aromatic N) is 4. The molecular formula is C27H36FN5O3S. The summed E-state index contributed by atoms with van der Waals surface area (Å²) in [7, 11) is 0. The zero-order valence-electron chi connectivity index (χ0n) is 21.6. The molecule has 1 N–H and O–H groups in total. The van der Waals surface area contributed by atoms with Crippen molar-refractivity contribution in [2.75, 3.05) is 42.9 Å². The van der Waals surface area contributed by atoms with Crippen LogP contribution in [0.5, 0.6) is 0 Å². The van der Waals surface area contributed by atoms with Crippen LogP contribution >= 0.6 is 11.3 Å². The molecule has 3 amide bonds. The molecule has 1 aromatic carbocycles. The van der Waals surface area contributed by atoms with Gasteiger partial charge < -0.3 is 20.0 Å². The third-order valence-corrected chi connectivity index (χ3v) is 7.94. The predicted octanol–water partition coefficient (Wildman–Crippen LogP) is 3.93. The lowest BCUT2D eigenvalue weighted by Gasteiger charge is -2.36. The Bertz CT molecular complexity index is 1090. The highest BCUT2D eigenvalue weighted by Crippen LogP contribution is 2.26. The van der Waals surface area contributed by atoms with Gasteiger partial charge in [-0.15, -0.1) is 11.3 Å². The molecule has 10 heteroatoms. The minimum absolute atomic E-state index is 0.00682. The number of halogens is 1. The van der Waals surface area contributed by atoms with Gasteiger partial charge in [0.2, 0.25) is 17.7 Å². The van der Waals surface area contributed by atoms with E-state index in [4.69, 9.17) is 0 Å². The second kappa shape index (κ2) is 12.5. The molecule has 0 radical (unpaired) electrons. The van der Waals surface area contributed by atoms with Crippen molar-refractivity contribution in [2.24, 2.45) is 5.92 Å². The standard InChI is InChI=1S/C27H36FN5O3S/c1-19(2)33(26(36)20-8-4-3-5-9-20)17-24(34)30-27-29-21(18-37-27)16-25(35)32-14-12-31(13-15-32)23-11-7-6-10-22(23)28/h6-7,10-11,18-20H,3-5,8-9,12-17H2,1-2H3,(H,29,30,34).